The maximum absolute atomic E-state index is 12.9. The molecule has 134 valence electrons. The standard InChI is InChI=1S/C18H23FN4O2/c19-16-5-7-17(8-6-16)25-12-15-3-1-9-22(11-15)18(24)4-2-10-23-14-20-13-21-23/h5-8,13-15H,1-4,9-12H2/t15-/m1/s1. The van der Waals surface area contributed by atoms with Crippen LogP contribution in [0.15, 0.2) is 36.9 Å². The van der Waals surface area contributed by atoms with E-state index in [9.17, 15) is 9.18 Å². The first kappa shape index (κ1) is 17.4. The molecule has 0 radical (unpaired) electrons. The summed E-state index contributed by atoms with van der Waals surface area (Å²) in [7, 11) is 0. The smallest absolute Gasteiger partial charge is 0.222 e. The molecule has 1 aromatic heterocycles. The highest BCUT2D eigenvalue weighted by molar-refractivity contribution is 5.76. The highest BCUT2D eigenvalue weighted by Gasteiger charge is 2.23. The van der Waals surface area contributed by atoms with Gasteiger partial charge in [0.1, 0.15) is 24.2 Å². The average Bonchev–Trinajstić information content (AvgIpc) is 3.15. The van der Waals surface area contributed by atoms with Crippen molar-refractivity contribution in [2.75, 3.05) is 19.7 Å². The molecule has 1 aromatic carbocycles. The van der Waals surface area contributed by atoms with E-state index >= 15 is 0 Å². The SMILES string of the molecule is O=C(CCCn1cncn1)N1CCC[C@@H](COc2ccc(F)cc2)C1. The number of amides is 1. The van der Waals surface area contributed by atoms with Crippen molar-refractivity contribution in [3.63, 3.8) is 0 Å². The van der Waals surface area contributed by atoms with Gasteiger partial charge in [-0.15, -0.1) is 0 Å². The van der Waals surface area contributed by atoms with E-state index in [1.54, 1.807) is 23.1 Å². The minimum Gasteiger partial charge on any atom is -0.493 e. The molecule has 1 amide bonds. The Labute approximate surface area is 146 Å². The molecule has 1 atom stereocenters. The largest absolute Gasteiger partial charge is 0.493 e. The lowest BCUT2D eigenvalue weighted by atomic mass is 9.98. The number of piperidine rings is 1. The van der Waals surface area contributed by atoms with Crippen LogP contribution in [0.4, 0.5) is 4.39 Å². The molecule has 0 bridgehead atoms. The zero-order valence-electron chi connectivity index (χ0n) is 14.2. The number of rotatable bonds is 7. The molecule has 0 saturated carbocycles. The number of aryl methyl sites for hydroxylation is 1. The third-order valence-corrected chi connectivity index (χ3v) is 4.42. The van der Waals surface area contributed by atoms with Crippen LogP contribution in [-0.2, 0) is 11.3 Å². The lowest BCUT2D eigenvalue weighted by Crippen LogP contribution is -2.41. The first-order chi connectivity index (χ1) is 12.2. The van der Waals surface area contributed by atoms with Crippen LogP contribution in [0, 0.1) is 11.7 Å². The summed E-state index contributed by atoms with van der Waals surface area (Å²) in [6.07, 6.45) is 6.48. The predicted molar refractivity (Wildman–Crippen MR) is 90.5 cm³/mol. The Morgan fingerprint density at radius 1 is 1.32 bits per heavy atom. The summed E-state index contributed by atoms with van der Waals surface area (Å²) in [4.78, 5) is 18.2. The van der Waals surface area contributed by atoms with Gasteiger partial charge in [0.05, 0.1) is 6.61 Å². The number of halogens is 1. The van der Waals surface area contributed by atoms with Gasteiger partial charge in [-0.1, -0.05) is 0 Å². The van der Waals surface area contributed by atoms with E-state index in [1.165, 1.54) is 18.5 Å². The zero-order valence-corrected chi connectivity index (χ0v) is 14.2. The van der Waals surface area contributed by atoms with Gasteiger partial charge in [-0.3, -0.25) is 9.48 Å². The first-order valence-corrected chi connectivity index (χ1v) is 8.69. The molecule has 2 heterocycles. The van der Waals surface area contributed by atoms with Gasteiger partial charge in [0.15, 0.2) is 0 Å². The molecule has 0 unspecified atom stereocenters. The molecule has 1 saturated heterocycles. The predicted octanol–water partition coefficient (Wildman–Crippen LogP) is 2.52. The maximum Gasteiger partial charge on any atom is 0.222 e. The lowest BCUT2D eigenvalue weighted by Gasteiger charge is -2.32. The van der Waals surface area contributed by atoms with Crippen LogP contribution < -0.4 is 4.74 Å². The Balaban J connectivity index is 1.40. The van der Waals surface area contributed by atoms with Gasteiger partial charge < -0.3 is 9.64 Å². The van der Waals surface area contributed by atoms with Gasteiger partial charge in [0, 0.05) is 32.0 Å². The molecular formula is C18H23FN4O2. The highest BCUT2D eigenvalue weighted by atomic mass is 19.1. The van der Waals surface area contributed by atoms with Crippen LogP contribution >= 0.6 is 0 Å². The average molecular weight is 346 g/mol. The summed E-state index contributed by atoms with van der Waals surface area (Å²) in [5.74, 6) is 0.898. The van der Waals surface area contributed by atoms with Crippen LogP contribution in [0.1, 0.15) is 25.7 Å². The van der Waals surface area contributed by atoms with Gasteiger partial charge in [0.2, 0.25) is 5.91 Å². The van der Waals surface area contributed by atoms with Crippen molar-refractivity contribution in [2.45, 2.75) is 32.2 Å². The molecule has 2 aromatic rings. The van der Waals surface area contributed by atoms with Crippen molar-refractivity contribution in [3.05, 3.63) is 42.7 Å². The summed E-state index contributed by atoms with van der Waals surface area (Å²) in [5, 5.41) is 4.04. The summed E-state index contributed by atoms with van der Waals surface area (Å²) in [6.45, 7) is 2.80. The van der Waals surface area contributed by atoms with E-state index in [0.29, 0.717) is 31.2 Å². The fraction of sp³-hybridized carbons (Fsp3) is 0.500. The summed E-state index contributed by atoms with van der Waals surface area (Å²) < 4.78 is 20.4. The van der Waals surface area contributed by atoms with E-state index in [2.05, 4.69) is 10.1 Å². The molecule has 0 N–H and O–H groups in total. The van der Waals surface area contributed by atoms with Crippen molar-refractivity contribution in [1.82, 2.24) is 19.7 Å². The number of ether oxygens (including phenoxy) is 1. The number of benzene rings is 1. The molecule has 7 heteroatoms. The van der Waals surface area contributed by atoms with Crippen molar-refractivity contribution in [1.29, 1.82) is 0 Å². The van der Waals surface area contributed by atoms with Crippen molar-refractivity contribution in [3.8, 4) is 5.75 Å². The highest BCUT2D eigenvalue weighted by Crippen LogP contribution is 2.20. The third kappa shape index (κ3) is 5.27. The number of carbonyl (C=O) groups excluding carboxylic acids is 1. The van der Waals surface area contributed by atoms with Crippen LogP contribution in [0.3, 0.4) is 0 Å². The lowest BCUT2D eigenvalue weighted by molar-refractivity contribution is -0.133. The molecular weight excluding hydrogens is 323 g/mol. The van der Waals surface area contributed by atoms with Gasteiger partial charge >= 0.3 is 0 Å². The second-order valence-corrected chi connectivity index (χ2v) is 6.38. The van der Waals surface area contributed by atoms with E-state index in [1.807, 2.05) is 4.90 Å². The Kier molecular flexibility index (Phi) is 5.98. The quantitative estimate of drug-likeness (QED) is 0.773. The van der Waals surface area contributed by atoms with Crippen LogP contribution in [0.25, 0.3) is 0 Å². The molecule has 1 aliphatic heterocycles. The van der Waals surface area contributed by atoms with Crippen molar-refractivity contribution >= 4 is 5.91 Å². The molecule has 0 aliphatic carbocycles. The second kappa shape index (κ2) is 8.60. The first-order valence-electron chi connectivity index (χ1n) is 8.69. The van der Waals surface area contributed by atoms with Gasteiger partial charge in [-0.2, -0.15) is 5.10 Å². The maximum atomic E-state index is 12.9. The fourth-order valence-corrected chi connectivity index (χ4v) is 3.07. The second-order valence-electron chi connectivity index (χ2n) is 6.38. The van der Waals surface area contributed by atoms with E-state index in [0.717, 1.165) is 32.4 Å². The van der Waals surface area contributed by atoms with Crippen LogP contribution in [0.5, 0.6) is 5.75 Å². The van der Waals surface area contributed by atoms with Crippen molar-refractivity contribution < 1.29 is 13.9 Å². The monoisotopic (exact) mass is 346 g/mol. The number of aromatic nitrogens is 3. The van der Waals surface area contributed by atoms with Crippen LogP contribution in [-0.4, -0.2) is 45.3 Å². The normalized spacial score (nSPS) is 17.5. The Hall–Kier alpha value is -2.44. The summed E-state index contributed by atoms with van der Waals surface area (Å²) in [5.41, 5.74) is 0. The molecule has 1 aliphatic rings. The van der Waals surface area contributed by atoms with E-state index in [-0.39, 0.29) is 11.7 Å². The topological polar surface area (TPSA) is 60.2 Å². The molecule has 1 fully saturated rings. The van der Waals surface area contributed by atoms with E-state index < -0.39 is 0 Å². The summed E-state index contributed by atoms with van der Waals surface area (Å²) >= 11 is 0. The molecule has 3 rings (SSSR count). The number of likely N-dealkylation sites (tertiary alicyclic amines) is 1. The van der Waals surface area contributed by atoms with Gasteiger partial charge in [-0.05, 0) is 43.5 Å². The molecule has 6 nitrogen and oxygen atoms in total. The minimum atomic E-state index is -0.271. The Bertz CT molecular complexity index is 660. The minimum absolute atomic E-state index is 0.187. The number of hydrogen-bond donors (Lipinski definition) is 0. The molecule has 25 heavy (non-hydrogen) atoms. The summed E-state index contributed by atoms with van der Waals surface area (Å²) in [6, 6.07) is 6.04. The zero-order chi connectivity index (χ0) is 17.5. The van der Waals surface area contributed by atoms with Crippen molar-refractivity contribution in [2.24, 2.45) is 5.92 Å². The van der Waals surface area contributed by atoms with Crippen LogP contribution in [0.2, 0.25) is 0 Å². The number of carbonyl (C=O) groups is 1. The van der Waals surface area contributed by atoms with E-state index in [4.69, 9.17) is 4.74 Å². The Morgan fingerprint density at radius 2 is 2.16 bits per heavy atom. The van der Waals surface area contributed by atoms with Gasteiger partial charge in [-0.25, -0.2) is 9.37 Å². The molecule has 0 spiro atoms. The Morgan fingerprint density at radius 3 is 2.92 bits per heavy atom. The van der Waals surface area contributed by atoms with Gasteiger partial charge in [0.25, 0.3) is 0 Å². The number of nitrogens with zero attached hydrogens (tertiary/aromatic N) is 4. The number of hydrogen-bond acceptors (Lipinski definition) is 4. The fourth-order valence-electron chi connectivity index (χ4n) is 3.07. The third-order valence-electron chi connectivity index (χ3n) is 4.42.